The lowest BCUT2D eigenvalue weighted by Gasteiger charge is -2.44. The van der Waals surface area contributed by atoms with E-state index in [1.54, 1.807) is 0 Å². The van der Waals surface area contributed by atoms with Crippen LogP contribution in [0.1, 0.15) is 18.4 Å². The van der Waals surface area contributed by atoms with Crippen LogP contribution in [0, 0.1) is 0 Å². The summed E-state index contributed by atoms with van der Waals surface area (Å²) in [5.41, 5.74) is 7.30. The molecule has 0 aliphatic carbocycles. The Morgan fingerprint density at radius 1 is 1.39 bits per heavy atom. The maximum Gasteiger partial charge on any atom is 0.0484 e. The molecular weight excluding hydrogens is 248 g/mol. The lowest BCUT2D eigenvalue weighted by Crippen LogP contribution is -2.54. The third kappa shape index (κ3) is 3.04. The fourth-order valence-electron chi connectivity index (χ4n) is 2.57. The van der Waals surface area contributed by atoms with Crippen LogP contribution < -0.4 is 5.73 Å². The molecule has 1 heterocycles. The monoisotopic (exact) mass is 268 g/mol. The fraction of sp³-hybridized carbons (Fsp3) is 0.571. The first-order valence-corrected chi connectivity index (χ1v) is 6.78. The van der Waals surface area contributed by atoms with Gasteiger partial charge < -0.3 is 10.5 Å². The van der Waals surface area contributed by atoms with Gasteiger partial charge in [0.1, 0.15) is 0 Å². The van der Waals surface area contributed by atoms with Gasteiger partial charge in [0, 0.05) is 36.9 Å². The van der Waals surface area contributed by atoms with Gasteiger partial charge in [-0.15, -0.1) is 0 Å². The van der Waals surface area contributed by atoms with E-state index in [0.29, 0.717) is 6.54 Å². The average Bonchev–Trinajstić information content (AvgIpc) is 2.39. The topological polar surface area (TPSA) is 38.5 Å². The van der Waals surface area contributed by atoms with E-state index in [4.69, 9.17) is 22.1 Å². The number of benzene rings is 1. The molecule has 0 unspecified atom stereocenters. The quantitative estimate of drug-likeness (QED) is 0.911. The van der Waals surface area contributed by atoms with Gasteiger partial charge in [-0.2, -0.15) is 0 Å². The smallest absolute Gasteiger partial charge is 0.0484 e. The van der Waals surface area contributed by atoms with Gasteiger partial charge in [0.2, 0.25) is 0 Å². The van der Waals surface area contributed by atoms with Crippen molar-refractivity contribution in [1.29, 1.82) is 0 Å². The summed E-state index contributed by atoms with van der Waals surface area (Å²) in [5.74, 6) is 0. The van der Waals surface area contributed by atoms with Crippen molar-refractivity contribution in [2.45, 2.75) is 24.9 Å². The lowest BCUT2D eigenvalue weighted by molar-refractivity contribution is -0.0163. The number of hydrogen-bond acceptors (Lipinski definition) is 3. The molecule has 0 saturated carbocycles. The first kappa shape index (κ1) is 13.8. The van der Waals surface area contributed by atoms with Crippen LogP contribution in [-0.2, 0) is 11.3 Å². The Balaban J connectivity index is 2.07. The van der Waals surface area contributed by atoms with Crippen molar-refractivity contribution in [1.82, 2.24) is 4.90 Å². The molecule has 1 aliphatic heterocycles. The van der Waals surface area contributed by atoms with E-state index >= 15 is 0 Å². The SMILES string of the molecule is CN(Cc1cccc(Cl)c1)C1(CN)CCOCC1. The van der Waals surface area contributed by atoms with E-state index in [1.165, 1.54) is 5.56 Å². The molecule has 0 amide bonds. The molecule has 0 aromatic heterocycles. The van der Waals surface area contributed by atoms with Crippen LogP contribution in [0.4, 0.5) is 0 Å². The second-order valence-electron chi connectivity index (χ2n) is 5.03. The van der Waals surface area contributed by atoms with E-state index in [9.17, 15) is 0 Å². The van der Waals surface area contributed by atoms with Gasteiger partial charge in [0.25, 0.3) is 0 Å². The third-order valence-corrected chi connectivity index (χ3v) is 4.16. The lowest BCUT2D eigenvalue weighted by atomic mass is 9.88. The summed E-state index contributed by atoms with van der Waals surface area (Å²) in [6, 6.07) is 8.01. The van der Waals surface area contributed by atoms with Crippen molar-refractivity contribution in [3.63, 3.8) is 0 Å². The van der Waals surface area contributed by atoms with E-state index < -0.39 is 0 Å². The minimum absolute atomic E-state index is 0.0700. The van der Waals surface area contributed by atoms with Crippen LogP contribution in [-0.4, -0.2) is 37.2 Å². The number of hydrogen-bond donors (Lipinski definition) is 1. The van der Waals surface area contributed by atoms with Crippen molar-refractivity contribution in [3.8, 4) is 0 Å². The highest BCUT2D eigenvalue weighted by atomic mass is 35.5. The highest BCUT2D eigenvalue weighted by Crippen LogP contribution is 2.27. The predicted molar refractivity (Wildman–Crippen MR) is 74.8 cm³/mol. The Morgan fingerprint density at radius 3 is 2.72 bits per heavy atom. The van der Waals surface area contributed by atoms with Crippen LogP contribution in [0.3, 0.4) is 0 Å². The fourth-order valence-corrected chi connectivity index (χ4v) is 2.78. The summed E-state index contributed by atoms with van der Waals surface area (Å²) in [7, 11) is 2.14. The Morgan fingerprint density at radius 2 is 2.11 bits per heavy atom. The van der Waals surface area contributed by atoms with Crippen molar-refractivity contribution >= 4 is 11.6 Å². The van der Waals surface area contributed by atoms with Crippen LogP contribution in [0.2, 0.25) is 5.02 Å². The Bertz CT molecular complexity index is 391. The number of halogens is 1. The van der Waals surface area contributed by atoms with Gasteiger partial charge >= 0.3 is 0 Å². The number of rotatable bonds is 4. The van der Waals surface area contributed by atoms with Crippen molar-refractivity contribution in [2.24, 2.45) is 5.73 Å². The summed E-state index contributed by atoms with van der Waals surface area (Å²) in [4.78, 5) is 2.35. The first-order valence-electron chi connectivity index (χ1n) is 6.40. The van der Waals surface area contributed by atoms with Crippen LogP contribution in [0.5, 0.6) is 0 Å². The molecule has 100 valence electrons. The summed E-state index contributed by atoms with van der Waals surface area (Å²) in [5, 5.41) is 0.787. The summed E-state index contributed by atoms with van der Waals surface area (Å²) in [6.07, 6.45) is 2.00. The molecule has 4 heteroatoms. The van der Waals surface area contributed by atoms with E-state index in [0.717, 1.165) is 37.6 Å². The average molecular weight is 269 g/mol. The minimum Gasteiger partial charge on any atom is -0.381 e. The second kappa shape index (κ2) is 6.02. The highest BCUT2D eigenvalue weighted by Gasteiger charge is 2.35. The van der Waals surface area contributed by atoms with Crippen LogP contribution in [0.25, 0.3) is 0 Å². The third-order valence-electron chi connectivity index (χ3n) is 3.92. The molecule has 18 heavy (non-hydrogen) atoms. The van der Waals surface area contributed by atoms with Crippen molar-refractivity contribution in [2.75, 3.05) is 26.8 Å². The molecular formula is C14H21ClN2O. The second-order valence-corrected chi connectivity index (χ2v) is 5.46. The normalized spacial score (nSPS) is 19.1. The van der Waals surface area contributed by atoms with Crippen molar-refractivity contribution < 1.29 is 4.74 Å². The molecule has 0 spiro atoms. The number of nitrogens with zero attached hydrogens (tertiary/aromatic N) is 1. The standard InChI is InChI=1S/C14H21ClN2O/c1-17(10-12-3-2-4-13(15)9-12)14(11-16)5-7-18-8-6-14/h2-4,9H,5-8,10-11,16H2,1H3. The maximum absolute atomic E-state index is 6.02. The summed E-state index contributed by atoms with van der Waals surface area (Å²) < 4.78 is 5.44. The molecule has 0 radical (unpaired) electrons. The number of likely N-dealkylation sites (N-methyl/N-ethyl adjacent to an activating group) is 1. The zero-order valence-corrected chi connectivity index (χ0v) is 11.6. The largest absolute Gasteiger partial charge is 0.381 e. The highest BCUT2D eigenvalue weighted by molar-refractivity contribution is 6.30. The van der Waals surface area contributed by atoms with Crippen LogP contribution in [0.15, 0.2) is 24.3 Å². The predicted octanol–water partition coefficient (Wildman–Crippen LogP) is 2.28. The maximum atomic E-state index is 6.02. The molecule has 0 atom stereocenters. The van der Waals surface area contributed by atoms with Gasteiger partial charge in [0.15, 0.2) is 0 Å². The molecule has 3 nitrogen and oxygen atoms in total. The van der Waals surface area contributed by atoms with Crippen molar-refractivity contribution in [3.05, 3.63) is 34.9 Å². The molecule has 1 aromatic rings. The first-order chi connectivity index (χ1) is 8.66. The van der Waals surface area contributed by atoms with Gasteiger partial charge in [-0.3, -0.25) is 4.90 Å². The molecule has 0 bridgehead atoms. The molecule has 1 saturated heterocycles. The zero-order valence-electron chi connectivity index (χ0n) is 10.9. The Hall–Kier alpha value is -0.610. The number of ether oxygens (including phenoxy) is 1. The van der Waals surface area contributed by atoms with Gasteiger partial charge in [-0.25, -0.2) is 0 Å². The van der Waals surface area contributed by atoms with E-state index in [2.05, 4.69) is 18.0 Å². The molecule has 1 fully saturated rings. The Labute approximate surface area is 114 Å². The Kier molecular flexibility index (Phi) is 4.62. The van der Waals surface area contributed by atoms with Crippen LogP contribution >= 0.6 is 11.6 Å². The molecule has 2 N–H and O–H groups in total. The number of nitrogens with two attached hydrogens (primary N) is 1. The summed E-state index contributed by atoms with van der Waals surface area (Å²) in [6.45, 7) is 3.15. The molecule has 2 rings (SSSR count). The van der Waals surface area contributed by atoms with Gasteiger partial charge in [-0.1, -0.05) is 23.7 Å². The van der Waals surface area contributed by atoms with Gasteiger partial charge in [-0.05, 0) is 37.6 Å². The van der Waals surface area contributed by atoms with Gasteiger partial charge in [0.05, 0.1) is 0 Å². The van der Waals surface area contributed by atoms with E-state index in [-0.39, 0.29) is 5.54 Å². The molecule has 1 aromatic carbocycles. The minimum atomic E-state index is 0.0700. The van der Waals surface area contributed by atoms with E-state index in [1.807, 2.05) is 18.2 Å². The molecule has 1 aliphatic rings. The zero-order chi connectivity index (χ0) is 13.0. The summed E-state index contributed by atoms with van der Waals surface area (Å²) >= 11 is 6.02.